The van der Waals surface area contributed by atoms with E-state index in [9.17, 15) is 4.79 Å². The second-order valence-electron chi connectivity index (χ2n) is 3.81. The Labute approximate surface area is 109 Å². The number of amides is 1. The second-order valence-corrected chi connectivity index (χ2v) is 4.20. The van der Waals surface area contributed by atoms with Gasteiger partial charge in [0.15, 0.2) is 0 Å². The van der Waals surface area contributed by atoms with Crippen LogP contribution in [-0.2, 0) is 0 Å². The molecule has 0 radical (unpaired) electrons. The molecule has 6 heteroatoms. The number of hydrogen-bond acceptors (Lipinski definition) is 4. The zero-order valence-corrected chi connectivity index (χ0v) is 10.4. The van der Waals surface area contributed by atoms with Crippen molar-refractivity contribution in [3.8, 4) is 0 Å². The van der Waals surface area contributed by atoms with Crippen LogP contribution in [0.1, 0.15) is 15.9 Å². The molecule has 0 aliphatic carbocycles. The van der Waals surface area contributed by atoms with Crippen LogP contribution in [0.2, 0.25) is 5.15 Å². The molecule has 0 unspecified atom stereocenters. The lowest BCUT2D eigenvalue weighted by atomic mass is 10.1. The Morgan fingerprint density at radius 1 is 1.28 bits per heavy atom. The van der Waals surface area contributed by atoms with E-state index >= 15 is 0 Å². The molecule has 18 heavy (non-hydrogen) atoms. The highest BCUT2D eigenvalue weighted by molar-refractivity contribution is 6.29. The summed E-state index contributed by atoms with van der Waals surface area (Å²) >= 11 is 5.70. The van der Waals surface area contributed by atoms with Crippen molar-refractivity contribution >= 4 is 29.0 Å². The van der Waals surface area contributed by atoms with Crippen molar-refractivity contribution in [1.82, 2.24) is 9.97 Å². The summed E-state index contributed by atoms with van der Waals surface area (Å²) in [5.74, 6) is 0.0558. The maximum atomic E-state index is 12.0. The summed E-state index contributed by atoms with van der Waals surface area (Å²) in [5.41, 5.74) is 7.62. The Morgan fingerprint density at radius 3 is 2.72 bits per heavy atom. The van der Waals surface area contributed by atoms with Crippen LogP contribution in [0.25, 0.3) is 0 Å². The molecule has 1 aromatic heterocycles. The highest BCUT2D eigenvalue weighted by Gasteiger charge is 2.08. The van der Waals surface area contributed by atoms with Gasteiger partial charge >= 0.3 is 0 Å². The summed E-state index contributed by atoms with van der Waals surface area (Å²) in [7, 11) is 0. The second kappa shape index (κ2) is 5.01. The molecule has 3 N–H and O–H groups in total. The van der Waals surface area contributed by atoms with Crippen molar-refractivity contribution in [3.63, 3.8) is 0 Å². The predicted octanol–water partition coefficient (Wildman–Crippen LogP) is 2.27. The van der Waals surface area contributed by atoms with Crippen LogP contribution < -0.4 is 11.1 Å². The van der Waals surface area contributed by atoms with Crippen molar-refractivity contribution in [1.29, 1.82) is 0 Å². The van der Waals surface area contributed by atoms with Gasteiger partial charge in [0, 0.05) is 17.3 Å². The van der Waals surface area contributed by atoms with Gasteiger partial charge in [0.2, 0.25) is 0 Å². The van der Waals surface area contributed by atoms with Crippen molar-refractivity contribution in [2.24, 2.45) is 0 Å². The maximum Gasteiger partial charge on any atom is 0.256 e. The lowest BCUT2D eigenvalue weighted by Crippen LogP contribution is -2.13. The van der Waals surface area contributed by atoms with Crippen LogP contribution in [0.3, 0.4) is 0 Å². The van der Waals surface area contributed by atoms with Crippen molar-refractivity contribution in [2.75, 3.05) is 11.1 Å². The molecule has 0 atom stereocenters. The maximum absolute atomic E-state index is 12.0. The third-order valence-electron chi connectivity index (χ3n) is 2.24. The Hall–Kier alpha value is -2.14. The number of benzene rings is 1. The number of carbonyl (C=O) groups excluding carboxylic acids is 1. The van der Waals surface area contributed by atoms with Gasteiger partial charge in [-0.15, -0.1) is 0 Å². The molecule has 2 aromatic rings. The zero-order valence-electron chi connectivity index (χ0n) is 9.64. The molecule has 1 amide bonds. The van der Waals surface area contributed by atoms with Crippen LogP contribution in [0, 0.1) is 6.92 Å². The number of aryl methyl sites for hydroxylation is 1. The molecule has 5 nitrogen and oxygen atoms in total. The number of aromatic nitrogens is 2. The Kier molecular flexibility index (Phi) is 3.43. The number of nitrogens with zero attached hydrogens (tertiary/aromatic N) is 2. The summed E-state index contributed by atoms with van der Waals surface area (Å²) in [6.07, 6.45) is 1.28. The lowest BCUT2D eigenvalue weighted by Gasteiger charge is -2.06. The fourth-order valence-corrected chi connectivity index (χ4v) is 1.68. The third-order valence-corrected chi connectivity index (χ3v) is 2.44. The third kappa shape index (κ3) is 2.95. The van der Waals surface area contributed by atoms with Gasteiger partial charge in [0.1, 0.15) is 17.3 Å². The van der Waals surface area contributed by atoms with Crippen LogP contribution in [-0.4, -0.2) is 15.9 Å². The van der Waals surface area contributed by atoms with E-state index in [0.29, 0.717) is 17.1 Å². The minimum Gasteiger partial charge on any atom is -0.399 e. The lowest BCUT2D eigenvalue weighted by molar-refractivity contribution is 0.102. The molecule has 1 heterocycles. The summed E-state index contributed by atoms with van der Waals surface area (Å²) in [6, 6.07) is 6.61. The van der Waals surface area contributed by atoms with Crippen LogP contribution >= 0.6 is 11.6 Å². The number of carbonyl (C=O) groups is 1. The van der Waals surface area contributed by atoms with Gasteiger partial charge in [-0.3, -0.25) is 4.79 Å². The van der Waals surface area contributed by atoms with Crippen LogP contribution in [0.5, 0.6) is 0 Å². The number of nitrogens with two attached hydrogens (primary N) is 1. The first kappa shape index (κ1) is 12.3. The highest BCUT2D eigenvalue weighted by atomic mass is 35.5. The van der Waals surface area contributed by atoms with E-state index in [0.717, 1.165) is 5.56 Å². The number of nitrogens with one attached hydrogen (secondary N) is 1. The number of nitrogen functional groups attached to an aromatic ring is 1. The van der Waals surface area contributed by atoms with Crippen molar-refractivity contribution in [2.45, 2.75) is 6.92 Å². The minimum atomic E-state index is -0.292. The quantitative estimate of drug-likeness (QED) is 0.643. The van der Waals surface area contributed by atoms with Gasteiger partial charge in [-0.1, -0.05) is 11.6 Å². The zero-order chi connectivity index (χ0) is 13.1. The van der Waals surface area contributed by atoms with E-state index in [1.54, 1.807) is 18.2 Å². The van der Waals surface area contributed by atoms with Gasteiger partial charge in [0.25, 0.3) is 5.91 Å². The van der Waals surface area contributed by atoms with E-state index in [4.69, 9.17) is 17.3 Å². The molecule has 0 bridgehead atoms. The predicted molar refractivity (Wildman–Crippen MR) is 70.6 cm³/mol. The average molecular weight is 263 g/mol. The van der Waals surface area contributed by atoms with Crippen LogP contribution in [0.4, 0.5) is 11.5 Å². The molecular formula is C12H11ClN4O. The van der Waals surface area contributed by atoms with E-state index in [1.807, 2.05) is 6.92 Å². The molecule has 0 spiro atoms. The SMILES string of the molecule is Cc1cc(N)cc(C(=O)Nc2cc(Cl)ncn2)c1. The first-order valence-corrected chi connectivity index (χ1v) is 5.58. The van der Waals surface area contributed by atoms with Gasteiger partial charge < -0.3 is 11.1 Å². The van der Waals surface area contributed by atoms with E-state index in [1.165, 1.54) is 12.4 Å². The molecule has 0 saturated heterocycles. The first-order valence-electron chi connectivity index (χ1n) is 5.20. The Morgan fingerprint density at radius 2 is 2.06 bits per heavy atom. The van der Waals surface area contributed by atoms with E-state index in [2.05, 4.69) is 15.3 Å². The van der Waals surface area contributed by atoms with Crippen LogP contribution in [0.15, 0.2) is 30.6 Å². The largest absolute Gasteiger partial charge is 0.399 e. The number of halogens is 1. The molecule has 92 valence electrons. The highest BCUT2D eigenvalue weighted by Crippen LogP contribution is 2.14. The minimum absolute atomic E-state index is 0.268. The molecular weight excluding hydrogens is 252 g/mol. The summed E-state index contributed by atoms with van der Waals surface area (Å²) in [6.45, 7) is 1.87. The standard InChI is InChI=1S/C12H11ClN4O/c1-7-2-8(4-9(14)3-7)12(18)17-11-5-10(13)15-6-16-11/h2-6H,14H2,1H3,(H,15,16,17,18). The monoisotopic (exact) mass is 262 g/mol. The molecule has 0 aliphatic rings. The Bertz CT molecular complexity index is 580. The molecule has 0 aliphatic heterocycles. The first-order chi connectivity index (χ1) is 8.54. The van der Waals surface area contributed by atoms with E-state index < -0.39 is 0 Å². The molecule has 0 saturated carbocycles. The normalized spacial score (nSPS) is 10.1. The van der Waals surface area contributed by atoms with Gasteiger partial charge in [0.05, 0.1) is 0 Å². The molecule has 0 fully saturated rings. The van der Waals surface area contributed by atoms with Gasteiger partial charge in [-0.25, -0.2) is 9.97 Å². The molecule has 2 rings (SSSR count). The number of hydrogen-bond donors (Lipinski definition) is 2. The topological polar surface area (TPSA) is 80.9 Å². The number of rotatable bonds is 2. The fourth-order valence-electron chi connectivity index (χ4n) is 1.53. The van der Waals surface area contributed by atoms with Crippen molar-refractivity contribution in [3.05, 3.63) is 46.9 Å². The smallest absolute Gasteiger partial charge is 0.256 e. The van der Waals surface area contributed by atoms with Gasteiger partial charge in [-0.05, 0) is 30.7 Å². The van der Waals surface area contributed by atoms with Gasteiger partial charge in [-0.2, -0.15) is 0 Å². The fraction of sp³-hybridized carbons (Fsp3) is 0.0833. The van der Waals surface area contributed by atoms with E-state index in [-0.39, 0.29) is 11.1 Å². The summed E-state index contributed by atoms with van der Waals surface area (Å²) in [4.78, 5) is 19.6. The number of anilines is 2. The summed E-state index contributed by atoms with van der Waals surface area (Å²) in [5, 5.41) is 2.89. The molecule has 1 aromatic carbocycles. The summed E-state index contributed by atoms with van der Waals surface area (Å²) < 4.78 is 0. The average Bonchev–Trinajstić information content (AvgIpc) is 2.27. The Balaban J connectivity index is 2.22. The van der Waals surface area contributed by atoms with Crippen molar-refractivity contribution < 1.29 is 4.79 Å².